The zero-order valence-electron chi connectivity index (χ0n) is 13.1. The molecule has 2 rings (SSSR count). The Bertz CT molecular complexity index is 620. The van der Waals surface area contributed by atoms with Crippen molar-refractivity contribution in [3.63, 3.8) is 0 Å². The SMILES string of the molecule is CN=C(NCCc1ccc(Cl)cc1)NCC1CCS(=O)(=O)C1.I. The van der Waals surface area contributed by atoms with Gasteiger partial charge in [0.05, 0.1) is 11.5 Å². The first-order chi connectivity index (χ1) is 10.5. The van der Waals surface area contributed by atoms with E-state index in [0.29, 0.717) is 18.3 Å². The van der Waals surface area contributed by atoms with Gasteiger partial charge in [0.15, 0.2) is 15.8 Å². The van der Waals surface area contributed by atoms with Gasteiger partial charge in [-0.15, -0.1) is 24.0 Å². The second kappa shape index (κ2) is 9.68. The maximum atomic E-state index is 11.4. The van der Waals surface area contributed by atoms with Crippen molar-refractivity contribution < 1.29 is 8.42 Å². The monoisotopic (exact) mass is 471 g/mol. The summed E-state index contributed by atoms with van der Waals surface area (Å²) in [6.07, 6.45) is 1.60. The number of aliphatic imine (C=N–C) groups is 1. The largest absolute Gasteiger partial charge is 0.356 e. The number of nitrogens with one attached hydrogen (secondary N) is 2. The average molecular weight is 472 g/mol. The second-order valence-electron chi connectivity index (χ2n) is 5.53. The van der Waals surface area contributed by atoms with Crippen molar-refractivity contribution in [1.29, 1.82) is 0 Å². The van der Waals surface area contributed by atoms with Gasteiger partial charge in [-0.25, -0.2) is 8.42 Å². The molecule has 1 aromatic carbocycles. The van der Waals surface area contributed by atoms with E-state index in [-0.39, 0.29) is 35.6 Å². The van der Waals surface area contributed by atoms with E-state index in [1.807, 2.05) is 24.3 Å². The highest BCUT2D eigenvalue weighted by molar-refractivity contribution is 14.0. The Morgan fingerprint density at radius 1 is 1.30 bits per heavy atom. The van der Waals surface area contributed by atoms with E-state index in [2.05, 4.69) is 15.6 Å². The number of sulfone groups is 1. The van der Waals surface area contributed by atoms with Gasteiger partial charge in [0.1, 0.15) is 0 Å². The van der Waals surface area contributed by atoms with Gasteiger partial charge in [0.2, 0.25) is 0 Å². The van der Waals surface area contributed by atoms with Crippen LogP contribution in [0.2, 0.25) is 5.02 Å². The number of hydrogen-bond acceptors (Lipinski definition) is 3. The van der Waals surface area contributed by atoms with Crippen molar-refractivity contribution in [3.05, 3.63) is 34.9 Å². The highest BCUT2D eigenvalue weighted by atomic mass is 127. The zero-order chi connectivity index (χ0) is 16.0. The summed E-state index contributed by atoms with van der Waals surface area (Å²) in [5, 5.41) is 7.17. The maximum Gasteiger partial charge on any atom is 0.190 e. The van der Waals surface area contributed by atoms with Gasteiger partial charge in [-0.2, -0.15) is 0 Å². The van der Waals surface area contributed by atoms with Gasteiger partial charge in [0, 0.05) is 25.2 Å². The lowest BCUT2D eigenvalue weighted by Gasteiger charge is -2.14. The fourth-order valence-electron chi connectivity index (χ4n) is 2.47. The standard InChI is InChI=1S/C15H22ClN3O2S.HI/c1-17-15(19-10-13-7-9-22(20,21)11-13)18-8-6-12-2-4-14(16)5-3-12;/h2-5,13H,6-11H2,1H3,(H2,17,18,19);1H. The van der Waals surface area contributed by atoms with Gasteiger partial charge >= 0.3 is 0 Å². The molecule has 0 aliphatic carbocycles. The Labute approximate surface area is 160 Å². The Morgan fingerprint density at radius 3 is 2.57 bits per heavy atom. The van der Waals surface area contributed by atoms with Crippen LogP contribution < -0.4 is 10.6 Å². The van der Waals surface area contributed by atoms with Crippen LogP contribution in [0.4, 0.5) is 0 Å². The van der Waals surface area contributed by atoms with Crippen molar-refractivity contribution in [3.8, 4) is 0 Å². The molecule has 1 fully saturated rings. The number of guanidine groups is 1. The number of rotatable bonds is 5. The number of halogens is 2. The summed E-state index contributed by atoms with van der Waals surface area (Å²) in [5.74, 6) is 1.47. The molecule has 0 radical (unpaired) electrons. The summed E-state index contributed by atoms with van der Waals surface area (Å²) in [6.45, 7) is 1.39. The van der Waals surface area contributed by atoms with Crippen LogP contribution in [0, 0.1) is 5.92 Å². The summed E-state index contributed by atoms with van der Waals surface area (Å²) in [6, 6.07) is 7.77. The molecule has 1 aliphatic rings. The number of benzene rings is 1. The minimum atomic E-state index is -2.82. The molecular formula is C15H23ClIN3O2S. The molecule has 23 heavy (non-hydrogen) atoms. The molecule has 0 bridgehead atoms. The first kappa shape index (κ1) is 20.5. The zero-order valence-corrected chi connectivity index (χ0v) is 17.0. The molecular weight excluding hydrogens is 449 g/mol. The van der Waals surface area contributed by atoms with Crippen LogP contribution >= 0.6 is 35.6 Å². The molecule has 2 N–H and O–H groups in total. The van der Waals surface area contributed by atoms with Gasteiger partial charge in [-0.1, -0.05) is 23.7 Å². The summed E-state index contributed by atoms with van der Waals surface area (Å²) < 4.78 is 22.9. The lowest BCUT2D eigenvalue weighted by atomic mass is 10.1. The van der Waals surface area contributed by atoms with Crippen molar-refractivity contribution in [1.82, 2.24) is 10.6 Å². The predicted molar refractivity (Wildman–Crippen MR) is 107 cm³/mol. The van der Waals surface area contributed by atoms with Crippen LogP contribution in [-0.4, -0.2) is 46.0 Å². The topological polar surface area (TPSA) is 70.6 Å². The molecule has 5 nitrogen and oxygen atoms in total. The van der Waals surface area contributed by atoms with Gasteiger partial charge in [-0.3, -0.25) is 4.99 Å². The Kier molecular flexibility index (Phi) is 8.63. The fraction of sp³-hybridized carbons (Fsp3) is 0.533. The van der Waals surface area contributed by atoms with E-state index in [9.17, 15) is 8.42 Å². The third kappa shape index (κ3) is 7.26. The Hall–Kier alpha value is -0.540. The molecule has 1 aliphatic heterocycles. The molecule has 0 amide bonds. The van der Waals surface area contributed by atoms with E-state index >= 15 is 0 Å². The van der Waals surface area contributed by atoms with Gasteiger partial charge in [-0.05, 0) is 36.5 Å². The van der Waals surface area contributed by atoms with Crippen LogP contribution in [-0.2, 0) is 16.3 Å². The van der Waals surface area contributed by atoms with Crippen LogP contribution in [0.5, 0.6) is 0 Å². The first-order valence-electron chi connectivity index (χ1n) is 7.38. The number of hydrogen-bond donors (Lipinski definition) is 2. The van der Waals surface area contributed by atoms with Crippen molar-refractivity contribution >= 4 is 51.4 Å². The molecule has 1 aromatic rings. The van der Waals surface area contributed by atoms with Crippen LogP contribution in [0.1, 0.15) is 12.0 Å². The van der Waals surface area contributed by atoms with E-state index in [0.717, 1.165) is 24.4 Å². The highest BCUT2D eigenvalue weighted by Gasteiger charge is 2.27. The lowest BCUT2D eigenvalue weighted by molar-refractivity contribution is 0.567. The van der Waals surface area contributed by atoms with Crippen molar-refractivity contribution in [2.75, 3.05) is 31.6 Å². The fourth-order valence-corrected chi connectivity index (χ4v) is 4.46. The Balaban J connectivity index is 0.00000264. The molecule has 1 atom stereocenters. The quantitative estimate of drug-likeness (QED) is 0.392. The first-order valence-corrected chi connectivity index (χ1v) is 9.58. The van der Waals surface area contributed by atoms with E-state index in [1.54, 1.807) is 7.05 Å². The maximum absolute atomic E-state index is 11.4. The van der Waals surface area contributed by atoms with Gasteiger partial charge < -0.3 is 10.6 Å². The minimum Gasteiger partial charge on any atom is -0.356 e. The van der Waals surface area contributed by atoms with Crippen LogP contribution in [0.25, 0.3) is 0 Å². The van der Waals surface area contributed by atoms with Crippen molar-refractivity contribution in [2.45, 2.75) is 12.8 Å². The molecule has 0 spiro atoms. The lowest BCUT2D eigenvalue weighted by Crippen LogP contribution is -2.40. The molecule has 0 saturated carbocycles. The molecule has 1 heterocycles. The molecule has 130 valence electrons. The van der Waals surface area contributed by atoms with Gasteiger partial charge in [0.25, 0.3) is 0 Å². The van der Waals surface area contributed by atoms with Crippen LogP contribution in [0.3, 0.4) is 0 Å². The number of nitrogens with zero attached hydrogens (tertiary/aromatic N) is 1. The average Bonchev–Trinajstić information content (AvgIpc) is 2.84. The third-order valence-corrected chi connectivity index (χ3v) is 5.82. The summed E-state index contributed by atoms with van der Waals surface area (Å²) in [5.41, 5.74) is 1.20. The predicted octanol–water partition coefficient (Wildman–Crippen LogP) is 2.10. The molecule has 1 saturated heterocycles. The highest BCUT2D eigenvalue weighted by Crippen LogP contribution is 2.17. The summed E-state index contributed by atoms with van der Waals surface area (Å²) >= 11 is 5.85. The van der Waals surface area contributed by atoms with Crippen LogP contribution in [0.15, 0.2) is 29.3 Å². The smallest absolute Gasteiger partial charge is 0.190 e. The summed E-state index contributed by atoms with van der Waals surface area (Å²) in [7, 11) is -1.11. The third-order valence-electron chi connectivity index (χ3n) is 3.73. The molecule has 0 aromatic heterocycles. The summed E-state index contributed by atoms with van der Waals surface area (Å²) in [4.78, 5) is 4.15. The molecule has 8 heteroatoms. The van der Waals surface area contributed by atoms with E-state index < -0.39 is 9.84 Å². The van der Waals surface area contributed by atoms with Crippen molar-refractivity contribution in [2.24, 2.45) is 10.9 Å². The molecule has 1 unspecified atom stereocenters. The van der Waals surface area contributed by atoms with E-state index in [4.69, 9.17) is 11.6 Å². The second-order valence-corrected chi connectivity index (χ2v) is 8.19. The minimum absolute atomic E-state index is 0. The normalized spacial score (nSPS) is 19.9. The Morgan fingerprint density at radius 2 is 2.00 bits per heavy atom. The van der Waals surface area contributed by atoms with E-state index in [1.165, 1.54) is 5.56 Å².